The zero-order valence-electron chi connectivity index (χ0n) is 17.7. The van der Waals surface area contributed by atoms with Crippen LogP contribution in [0.5, 0.6) is 0 Å². The second kappa shape index (κ2) is 9.30. The van der Waals surface area contributed by atoms with Gasteiger partial charge in [-0.3, -0.25) is 9.59 Å². The number of fused-ring (bicyclic) bond motifs is 2. The fourth-order valence-corrected chi connectivity index (χ4v) is 4.20. The fraction of sp³-hybridized carbons (Fsp3) is 0.231. The first-order chi connectivity index (χ1) is 15.4. The van der Waals surface area contributed by atoms with Crippen molar-refractivity contribution < 1.29 is 18.4 Å². The molecule has 0 bridgehead atoms. The van der Waals surface area contributed by atoms with Crippen LogP contribution in [0.15, 0.2) is 66.7 Å². The fourth-order valence-electron chi connectivity index (χ4n) is 4.20. The Morgan fingerprint density at radius 2 is 1.44 bits per heavy atom. The van der Waals surface area contributed by atoms with Gasteiger partial charge in [-0.15, -0.1) is 0 Å². The summed E-state index contributed by atoms with van der Waals surface area (Å²) in [5.41, 5.74) is 4.65. The standard InChI is InChI=1S/C26H24F2N2O2/c1-16(29-24(31)14-17-12-20(27)15-21(28)13-17)26(32)30-25-22-8-4-2-6-18(22)10-11-19-7-3-5-9-23(19)25/h2-9,12-13,15-16,25H,10-11,14H2,1H3,(H,29,31)(H,30,32). The minimum atomic E-state index is -0.816. The number of nitrogens with one attached hydrogen (secondary N) is 2. The molecular weight excluding hydrogens is 410 g/mol. The average molecular weight is 434 g/mol. The SMILES string of the molecule is CC(NC(=O)Cc1cc(F)cc(F)c1)C(=O)NC1c2ccccc2CCc2ccccc21. The van der Waals surface area contributed by atoms with Gasteiger partial charge in [0, 0.05) is 6.07 Å². The van der Waals surface area contributed by atoms with Crippen LogP contribution in [-0.4, -0.2) is 17.9 Å². The maximum absolute atomic E-state index is 13.4. The summed E-state index contributed by atoms with van der Waals surface area (Å²) in [5.74, 6) is -2.31. The van der Waals surface area contributed by atoms with Crippen molar-refractivity contribution in [3.05, 3.63) is 106 Å². The van der Waals surface area contributed by atoms with E-state index in [0.29, 0.717) is 0 Å². The van der Waals surface area contributed by atoms with Gasteiger partial charge in [0.2, 0.25) is 11.8 Å². The van der Waals surface area contributed by atoms with Crippen LogP contribution >= 0.6 is 0 Å². The van der Waals surface area contributed by atoms with Crippen molar-refractivity contribution in [2.45, 2.75) is 38.3 Å². The lowest BCUT2D eigenvalue weighted by Gasteiger charge is -2.24. The number of carbonyl (C=O) groups excluding carboxylic acids is 2. The van der Waals surface area contributed by atoms with Crippen molar-refractivity contribution in [2.75, 3.05) is 0 Å². The predicted octanol–water partition coefficient (Wildman–Crippen LogP) is 4.02. The van der Waals surface area contributed by atoms with Crippen molar-refractivity contribution in [3.63, 3.8) is 0 Å². The first-order valence-corrected chi connectivity index (χ1v) is 10.6. The van der Waals surface area contributed by atoms with Crippen LogP contribution in [-0.2, 0) is 28.9 Å². The Labute approximate surface area is 185 Å². The summed E-state index contributed by atoms with van der Waals surface area (Å²) in [5, 5.41) is 5.71. The van der Waals surface area contributed by atoms with Crippen molar-refractivity contribution in [1.29, 1.82) is 0 Å². The molecule has 3 aromatic rings. The summed E-state index contributed by atoms with van der Waals surface area (Å²) in [4.78, 5) is 25.4. The first kappa shape index (κ1) is 21.7. The summed E-state index contributed by atoms with van der Waals surface area (Å²) < 4.78 is 26.7. The van der Waals surface area contributed by atoms with E-state index < -0.39 is 23.6 Å². The van der Waals surface area contributed by atoms with Crippen LogP contribution in [0, 0.1) is 11.6 Å². The summed E-state index contributed by atoms with van der Waals surface area (Å²) in [7, 11) is 0. The van der Waals surface area contributed by atoms with Crippen molar-refractivity contribution in [1.82, 2.24) is 10.6 Å². The Hall–Kier alpha value is -3.54. The number of hydrogen-bond acceptors (Lipinski definition) is 2. The van der Waals surface area contributed by atoms with Crippen LogP contribution in [0.4, 0.5) is 8.78 Å². The van der Waals surface area contributed by atoms with Gasteiger partial charge in [-0.2, -0.15) is 0 Å². The smallest absolute Gasteiger partial charge is 0.243 e. The molecule has 0 spiro atoms. The van der Waals surface area contributed by atoms with Crippen LogP contribution in [0.25, 0.3) is 0 Å². The number of amides is 2. The zero-order chi connectivity index (χ0) is 22.7. The lowest BCUT2D eigenvalue weighted by Crippen LogP contribution is -2.46. The van der Waals surface area contributed by atoms with E-state index in [0.717, 1.165) is 42.2 Å². The molecule has 0 aliphatic heterocycles. The zero-order valence-corrected chi connectivity index (χ0v) is 17.7. The number of rotatable bonds is 5. The van der Waals surface area contributed by atoms with Gasteiger partial charge in [-0.1, -0.05) is 48.5 Å². The highest BCUT2D eigenvalue weighted by molar-refractivity contribution is 5.88. The van der Waals surface area contributed by atoms with Crippen molar-refractivity contribution in [2.24, 2.45) is 0 Å². The van der Waals surface area contributed by atoms with Crippen LogP contribution < -0.4 is 10.6 Å². The Balaban J connectivity index is 1.49. The maximum Gasteiger partial charge on any atom is 0.243 e. The van der Waals surface area contributed by atoms with Gasteiger partial charge in [-0.25, -0.2) is 8.78 Å². The molecule has 0 heterocycles. The highest BCUT2D eigenvalue weighted by Crippen LogP contribution is 2.32. The summed E-state index contributed by atoms with van der Waals surface area (Å²) in [6.45, 7) is 1.59. The van der Waals surface area contributed by atoms with Gasteiger partial charge >= 0.3 is 0 Å². The lowest BCUT2D eigenvalue weighted by atomic mass is 9.94. The minimum Gasteiger partial charge on any atom is -0.344 e. The van der Waals surface area contributed by atoms with Gasteiger partial charge in [0.1, 0.15) is 17.7 Å². The molecule has 1 atom stereocenters. The second-order valence-electron chi connectivity index (χ2n) is 8.08. The van der Waals surface area contributed by atoms with Crippen LogP contribution in [0.2, 0.25) is 0 Å². The lowest BCUT2D eigenvalue weighted by molar-refractivity contribution is -0.128. The van der Waals surface area contributed by atoms with E-state index >= 15 is 0 Å². The third-order valence-electron chi connectivity index (χ3n) is 5.74. The molecule has 0 saturated heterocycles. The Bertz CT molecular complexity index is 1090. The highest BCUT2D eigenvalue weighted by Gasteiger charge is 2.27. The molecule has 0 aromatic heterocycles. The summed E-state index contributed by atoms with van der Waals surface area (Å²) in [6.07, 6.45) is 1.55. The number of benzene rings is 3. The second-order valence-corrected chi connectivity index (χ2v) is 8.08. The molecular formula is C26H24F2N2O2. The third-order valence-corrected chi connectivity index (χ3v) is 5.74. The summed E-state index contributed by atoms with van der Waals surface area (Å²) >= 11 is 0. The molecule has 6 heteroatoms. The maximum atomic E-state index is 13.4. The Kier molecular flexibility index (Phi) is 6.30. The first-order valence-electron chi connectivity index (χ1n) is 10.6. The van der Waals surface area contributed by atoms with Crippen molar-refractivity contribution in [3.8, 4) is 0 Å². The highest BCUT2D eigenvalue weighted by atomic mass is 19.1. The molecule has 164 valence electrons. The molecule has 1 unspecified atom stereocenters. The molecule has 0 radical (unpaired) electrons. The molecule has 32 heavy (non-hydrogen) atoms. The Morgan fingerprint density at radius 3 is 2.00 bits per heavy atom. The van der Waals surface area contributed by atoms with E-state index in [1.807, 2.05) is 36.4 Å². The van der Waals surface area contributed by atoms with Gasteiger partial charge in [-0.05, 0) is 59.7 Å². The van der Waals surface area contributed by atoms with Crippen LogP contribution in [0.1, 0.15) is 40.8 Å². The quantitative estimate of drug-likeness (QED) is 0.637. The van der Waals surface area contributed by atoms with E-state index in [2.05, 4.69) is 22.8 Å². The minimum absolute atomic E-state index is 0.208. The monoisotopic (exact) mass is 434 g/mol. The predicted molar refractivity (Wildman–Crippen MR) is 118 cm³/mol. The molecule has 1 aliphatic carbocycles. The van der Waals surface area contributed by atoms with Gasteiger partial charge in [0.05, 0.1) is 12.5 Å². The van der Waals surface area contributed by atoms with Gasteiger partial charge in [0.15, 0.2) is 0 Å². The molecule has 4 nitrogen and oxygen atoms in total. The molecule has 4 rings (SSSR count). The molecule has 0 saturated carbocycles. The van der Waals surface area contributed by atoms with Gasteiger partial charge < -0.3 is 10.6 Å². The average Bonchev–Trinajstić information content (AvgIpc) is 2.90. The van der Waals surface area contributed by atoms with E-state index in [9.17, 15) is 18.4 Å². The Morgan fingerprint density at radius 1 is 0.906 bits per heavy atom. The van der Waals surface area contributed by atoms with Crippen molar-refractivity contribution >= 4 is 11.8 Å². The molecule has 3 aromatic carbocycles. The molecule has 2 N–H and O–H groups in total. The van der Waals surface area contributed by atoms with E-state index in [1.54, 1.807) is 6.92 Å². The topological polar surface area (TPSA) is 58.2 Å². The largest absolute Gasteiger partial charge is 0.344 e. The van der Waals surface area contributed by atoms with E-state index in [-0.39, 0.29) is 23.9 Å². The number of halogens is 2. The van der Waals surface area contributed by atoms with E-state index in [4.69, 9.17) is 0 Å². The molecule has 1 aliphatic rings. The number of aryl methyl sites for hydroxylation is 2. The molecule has 2 amide bonds. The van der Waals surface area contributed by atoms with Gasteiger partial charge in [0.25, 0.3) is 0 Å². The third kappa shape index (κ3) is 4.85. The normalized spacial score (nSPS) is 14.0. The molecule has 0 fully saturated rings. The van der Waals surface area contributed by atoms with E-state index in [1.165, 1.54) is 11.1 Å². The number of hydrogen-bond donors (Lipinski definition) is 2. The number of carbonyl (C=O) groups is 2. The van der Waals surface area contributed by atoms with Crippen LogP contribution in [0.3, 0.4) is 0 Å². The summed E-state index contributed by atoms with van der Waals surface area (Å²) in [6, 6.07) is 17.9.